The van der Waals surface area contributed by atoms with E-state index in [1.54, 1.807) is 6.07 Å². The largest absolute Gasteiger partial charge is 0.360 e. The van der Waals surface area contributed by atoms with Crippen LogP contribution in [0.4, 0.5) is 4.39 Å². The molecule has 1 amide bonds. The van der Waals surface area contributed by atoms with Gasteiger partial charge in [0.25, 0.3) is 0 Å². The molecule has 0 aliphatic carbocycles. The topological polar surface area (TPSA) is 70.2 Å². The first kappa shape index (κ1) is 19.7. The van der Waals surface area contributed by atoms with Gasteiger partial charge in [0.2, 0.25) is 5.91 Å². The van der Waals surface area contributed by atoms with Gasteiger partial charge in [-0.2, -0.15) is 0 Å². The van der Waals surface area contributed by atoms with Crippen molar-refractivity contribution < 1.29 is 17.6 Å². The van der Waals surface area contributed by atoms with Crippen molar-refractivity contribution in [1.82, 2.24) is 9.88 Å². The van der Waals surface area contributed by atoms with E-state index in [1.165, 1.54) is 41.3 Å². The molecule has 4 rings (SSSR count). The lowest BCUT2D eigenvalue weighted by Gasteiger charge is -2.26. The standard InChI is InChI=1S/C21H18ClFN2O3S/c22-15-1-4-17(5-2-15)29(27,28)13-21(26)25-9-7-14(8-10-25)19-12-24-20-11-16(23)3-6-18(19)20/h1-7,11-12,24H,8-10,13H2. The Hall–Kier alpha value is -2.64. The summed E-state index contributed by atoms with van der Waals surface area (Å²) in [6, 6.07) is 10.4. The number of rotatable bonds is 4. The Morgan fingerprint density at radius 2 is 1.93 bits per heavy atom. The van der Waals surface area contributed by atoms with Crippen LogP contribution in [0.25, 0.3) is 16.5 Å². The van der Waals surface area contributed by atoms with Crippen LogP contribution in [0.2, 0.25) is 5.02 Å². The second-order valence-corrected chi connectivity index (χ2v) is 9.35. The number of hydrogen-bond donors (Lipinski definition) is 1. The third-order valence-corrected chi connectivity index (χ3v) is 6.91. The maximum absolute atomic E-state index is 13.4. The first-order chi connectivity index (χ1) is 13.8. The molecule has 0 unspecified atom stereocenters. The van der Waals surface area contributed by atoms with E-state index in [0.717, 1.165) is 16.5 Å². The highest BCUT2D eigenvalue weighted by Gasteiger charge is 2.25. The van der Waals surface area contributed by atoms with E-state index in [1.807, 2.05) is 12.3 Å². The van der Waals surface area contributed by atoms with Gasteiger partial charge in [0.1, 0.15) is 11.6 Å². The molecule has 3 aromatic rings. The maximum Gasteiger partial charge on any atom is 0.238 e. The molecule has 29 heavy (non-hydrogen) atoms. The Labute approximate surface area is 172 Å². The Morgan fingerprint density at radius 3 is 2.62 bits per heavy atom. The minimum Gasteiger partial charge on any atom is -0.360 e. The average Bonchev–Trinajstić information content (AvgIpc) is 3.11. The predicted molar refractivity (Wildman–Crippen MR) is 111 cm³/mol. The molecule has 1 aliphatic heterocycles. The molecule has 1 aliphatic rings. The average molecular weight is 433 g/mol. The van der Waals surface area contributed by atoms with E-state index in [0.29, 0.717) is 30.0 Å². The van der Waals surface area contributed by atoms with Gasteiger partial charge < -0.3 is 9.88 Å². The fourth-order valence-corrected chi connectivity index (χ4v) is 4.83. The maximum atomic E-state index is 13.4. The SMILES string of the molecule is O=C(CS(=O)(=O)c1ccc(Cl)cc1)N1CC=C(c2c[nH]c3cc(F)ccc23)CC1. The molecular formula is C21H18ClFN2O3S. The molecule has 0 radical (unpaired) electrons. The smallest absolute Gasteiger partial charge is 0.238 e. The molecular weight excluding hydrogens is 415 g/mol. The third-order valence-electron chi connectivity index (χ3n) is 5.04. The van der Waals surface area contributed by atoms with Crippen LogP contribution in [0.1, 0.15) is 12.0 Å². The number of amides is 1. The summed E-state index contributed by atoms with van der Waals surface area (Å²) in [5, 5.41) is 1.35. The lowest BCUT2D eigenvalue weighted by molar-refractivity contribution is -0.128. The number of halogens is 2. The summed E-state index contributed by atoms with van der Waals surface area (Å²) in [5.41, 5.74) is 2.74. The molecule has 0 atom stereocenters. The van der Waals surface area contributed by atoms with Crippen LogP contribution in [0.5, 0.6) is 0 Å². The Kier molecular flexibility index (Phi) is 5.19. The molecule has 0 spiro atoms. The van der Waals surface area contributed by atoms with Crippen molar-refractivity contribution in [3.63, 3.8) is 0 Å². The number of fused-ring (bicyclic) bond motifs is 1. The van der Waals surface area contributed by atoms with Crippen molar-refractivity contribution >= 4 is 43.8 Å². The number of sulfone groups is 1. The van der Waals surface area contributed by atoms with Crippen molar-refractivity contribution in [2.45, 2.75) is 11.3 Å². The number of carbonyl (C=O) groups excluding carboxylic acids is 1. The third kappa shape index (κ3) is 4.06. The van der Waals surface area contributed by atoms with Crippen LogP contribution in [-0.2, 0) is 14.6 Å². The summed E-state index contributed by atoms with van der Waals surface area (Å²) in [7, 11) is -3.73. The highest BCUT2D eigenvalue weighted by molar-refractivity contribution is 7.92. The first-order valence-corrected chi connectivity index (χ1v) is 11.1. The molecule has 2 heterocycles. The summed E-state index contributed by atoms with van der Waals surface area (Å²) in [6.45, 7) is 0.757. The fraction of sp³-hybridized carbons (Fsp3) is 0.190. The summed E-state index contributed by atoms with van der Waals surface area (Å²) in [4.78, 5) is 17.2. The van der Waals surface area contributed by atoms with Crippen LogP contribution < -0.4 is 0 Å². The predicted octanol–water partition coefficient (Wildman–Crippen LogP) is 4.05. The minimum atomic E-state index is -3.73. The van der Waals surface area contributed by atoms with E-state index >= 15 is 0 Å². The summed E-state index contributed by atoms with van der Waals surface area (Å²) >= 11 is 5.79. The van der Waals surface area contributed by atoms with Crippen molar-refractivity contribution in [2.75, 3.05) is 18.8 Å². The van der Waals surface area contributed by atoms with Gasteiger partial charge >= 0.3 is 0 Å². The van der Waals surface area contributed by atoms with E-state index in [4.69, 9.17) is 11.6 Å². The molecule has 8 heteroatoms. The van der Waals surface area contributed by atoms with Gasteiger partial charge in [-0.15, -0.1) is 0 Å². The number of carbonyl (C=O) groups is 1. The number of nitrogens with one attached hydrogen (secondary N) is 1. The first-order valence-electron chi connectivity index (χ1n) is 9.06. The van der Waals surface area contributed by atoms with Crippen molar-refractivity contribution in [3.8, 4) is 0 Å². The Bertz CT molecular complexity index is 1220. The van der Waals surface area contributed by atoms with E-state index in [9.17, 15) is 17.6 Å². The van der Waals surface area contributed by atoms with E-state index in [2.05, 4.69) is 4.98 Å². The molecule has 5 nitrogen and oxygen atoms in total. The molecule has 0 saturated carbocycles. The van der Waals surface area contributed by atoms with Crippen molar-refractivity contribution in [1.29, 1.82) is 0 Å². The van der Waals surface area contributed by atoms with Crippen LogP contribution in [-0.4, -0.2) is 43.1 Å². The number of aromatic amines is 1. The fourth-order valence-electron chi connectivity index (χ4n) is 3.48. The van der Waals surface area contributed by atoms with Crippen LogP contribution >= 0.6 is 11.6 Å². The number of aromatic nitrogens is 1. The Balaban J connectivity index is 1.47. The monoisotopic (exact) mass is 432 g/mol. The van der Waals surface area contributed by atoms with Crippen molar-refractivity contribution in [3.05, 3.63) is 71.1 Å². The number of nitrogens with zero attached hydrogens (tertiary/aromatic N) is 1. The van der Waals surface area contributed by atoms with Gasteiger partial charge in [-0.1, -0.05) is 17.7 Å². The van der Waals surface area contributed by atoms with Gasteiger partial charge in [-0.25, -0.2) is 12.8 Å². The molecule has 1 N–H and O–H groups in total. The quantitative estimate of drug-likeness (QED) is 0.676. The minimum absolute atomic E-state index is 0.0783. The molecule has 1 aromatic heterocycles. The summed E-state index contributed by atoms with van der Waals surface area (Å²) < 4.78 is 38.3. The number of benzene rings is 2. The lowest BCUT2D eigenvalue weighted by Crippen LogP contribution is -2.38. The lowest BCUT2D eigenvalue weighted by atomic mass is 9.99. The highest BCUT2D eigenvalue weighted by Crippen LogP contribution is 2.29. The highest BCUT2D eigenvalue weighted by atomic mass is 35.5. The zero-order valence-electron chi connectivity index (χ0n) is 15.4. The molecule has 150 valence electrons. The molecule has 0 bridgehead atoms. The van der Waals surface area contributed by atoms with Crippen molar-refractivity contribution in [2.24, 2.45) is 0 Å². The van der Waals surface area contributed by atoms with Crippen LogP contribution in [0, 0.1) is 5.82 Å². The number of H-pyrrole nitrogens is 1. The molecule has 2 aromatic carbocycles. The second kappa shape index (κ2) is 7.65. The molecule has 0 saturated heterocycles. The zero-order valence-corrected chi connectivity index (χ0v) is 16.9. The van der Waals surface area contributed by atoms with Crippen LogP contribution in [0.3, 0.4) is 0 Å². The summed E-state index contributed by atoms with van der Waals surface area (Å²) in [6.07, 6.45) is 4.34. The van der Waals surface area contributed by atoms with E-state index < -0.39 is 21.5 Å². The molecule has 0 fully saturated rings. The summed E-state index contributed by atoms with van der Waals surface area (Å²) in [5.74, 6) is -1.32. The zero-order chi connectivity index (χ0) is 20.6. The normalized spacial score (nSPS) is 14.8. The van der Waals surface area contributed by atoms with Crippen LogP contribution in [0.15, 0.2) is 59.6 Å². The van der Waals surface area contributed by atoms with Gasteiger partial charge in [0.15, 0.2) is 9.84 Å². The second-order valence-electron chi connectivity index (χ2n) is 6.92. The van der Waals surface area contributed by atoms with Gasteiger partial charge in [0, 0.05) is 40.8 Å². The van der Waals surface area contributed by atoms with Gasteiger partial charge in [-0.05, 0) is 54.5 Å². The number of hydrogen-bond acceptors (Lipinski definition) is 3. The van der Waals surface area contributed by atoms with Gasteiger partial charge in [0.05, 0.1) is 4.90 Å². The van der Waals surface area contributed by atoms with Gasteiger partial charge in [-0.3, -0.25) is 4.79 Å². The Morgan fingerprint density at radius 1 is 1.17 bits per heavy atom. The van der Waals surface area contributed by atoms with E-state index in [-0.39, 0.29) is 10.7 Å².